The van der Waals surface area contributed by atoms with E-state index in [0.29, 0.717) is 17.4 Å². The number of nitrogen functional groups attached to an aromatic ring is 1. The molecule has 2 rings (SSSR count). The van der Waals surface area contributed by atoms with Crippen molar-refractivity contribution in [1.29, 1.82) is 0 Å². The molecule has 114 valence electrons. The third-order valence-electron chi connectivity index (χ3n) is 4.11. The summed E-state index contributed by atoms with van der Waals surface area (Å²) in [6.07, 6.45) is 2.18. The quantitative estimate of drug-likeness (QED) is 0.827. The van der Waals surface area contributed by atoms with Crippen LogP contribution in [0.5, 0.6) is 5.75 Å². The molecule has 1 aromatic carbocycles. The van der Waals surface area contributed by atoms with Crippen LogP contribution in [0.25, 0.3) is 11.4 Å². The number of benzene rings is 1. The van der Waals surface area contributed by atoms with Crippen molar-refractivity contribution in [3.8, 4) is 17.1 Å². The molecule has 21 heavy (non-hydrogen) atoms. The van der Waals surface area contributed by atoms with Gasteiger partial charge in [-0.2, -0.15) is 0 Å². The van der Waals surface area contributed by atoms with Crippen molar-refractivity contribution in [1.82, 2.24) is 20.2 Å². The molecule has 0 amide bonds. The largest absolute Gasteiger partial charge is 0.497 e. The molecule has 0 aliphatic heterocycles. The summed E-state index contributed by atoms with van der Waals surface area (Å²) >= 11 is 0. The third-order valence-corrected chi connectivity index (χ3v) is 4.11. The topological polar surface area (TPSA) is 78.8 Å². The number of ether oxygens (including phenoxy) is 1. The minimum atomic E-state index is 0.218. The molecule has 0 spiro atoms. The predicted molar refractivity (Wildman–Crippen MR) is 83.0 cm³/mol. The fraction of sp³-hybridized carbons (Fsp3) is 0.533. The van der Waals surface area contributed by atoms with Gasteiger partial charge in [0, 0.05) is 11.3 Å². The molecule has 6 nitrogen and oxygen atoms in total. The third kappa shape index (κ3) is 2.99. The van der Waals surface area contributed by atoms with Crippen LogP contribution in [0, 0.1) is 5.92 Å². The molecule has 0 radical (unpaired) electrons. The maximum Gasteiger partial charge on any atom is 0.184 e. The molecule has 1 unspecified atom stereocenters. The van der Waals surface area contributed by atoms with E-state index in [2.05, 4.69) is 36.3 Å². The Morgan fingerprint density at radius 3 is 2.62 bits per heavy atom. The first-order valence-electron chi connectivity index (χ1n) is 7.34. The highest BCUT2D eigenvalue weighted by atomic mass is 16.5. The zero-order chi connectivity index (χ0) is 15.4. The van der Waals surface area contributed by atoms with Gasteiger partial charge in [-0.3, -0.25) is 0 Å². The van der Waals surface area contributed by atoms with Crippen LogP contribution in [-0.4, -0.2) is 27.3 Å². The van der Waals surface area contributed by atoms with E-state index in [0.717, 1.165) is 24.2 Å². The number of aromatic nitrogens is 4. The van der Waals surface area contributed by atoms with Crippen molar-refractivity contribution in [2.75, 3.05) is 12.8 Å². The number of methoxy groups -OCH3 is 1. The summed E-state index contributed by atoms with van der Waals surface area (Å²) in [4.78, 5) is 0. The predicted octanol–water partition coefficient (Wildman–Crippen LogP) is 2.93. The van der Waals surface area contributed by atoms with Gasteiger partial charge in [-0.25, -0.2) is 4.68 Å². The summed E-state index contributed by atoms with van der Waals surface area (Å²) in [5, 5.41) is 12.2. The lowest BCUT2D eigenvalue weighted by atomic mass is 9.95. The average Bonchev–Trinajstić information content (AvgIpc) is 2.98. The Morgan fingerprint density at radius 1 is 1.29 bits per heavy atom. The van der Waals surface area contributed by atoms with Crippen LogP contribution in [-0.2, 0) is 0 Å². The summed E-state index contributed by atoms with van der Waals surface area (Å²) in [6.45, 7) is 6.52. The Hall–Kier alpha value is -2.11. The van der Waals surface area contributed by atoms with E-state index in [9.17, 15) is 0 Å². The molecule has 0 bridgehead atoms. The Kier molecular flexibility index (Phi) is 4.77. The zero-order valence-corrected chi connectivity index (χ0v) is 13.1. The van der Waals surface area contributed by atoms with Crippen LogP contribution in [0.1, 0.15) is 39.7 Å². The van der Waals surface area contributed by atoms with Crippen molar-refractivity contribution < 1.29 is 4.74 Å². The summed E-state index contributed by atoms with van der Waals surface area (Å²) in [5.41, 5.74) is 7.53. The maximum absolute atomic E-state index is 6.08. The molecule has 0 aliphatic rings. The lowest BCUT2D eigenvalue weighted by Gasteiger charge is -2.22. The molecule has 2 aromatic rings. The van der Waals surface area contributed by atoms with Crippen LogP contribution in [0.3, 0.4) is 0 Å². The lowest BCUT2D eigenvalue weighted by molar-refractivity contribution is 0.309. The van der Waals surface area contributed by atoms with Crippen LogP contribution in [0.4, 0.5) is 5.69 Å². The highest BCUT2D eigenvalue weighted by Gasteiger charge is 2.22. The Labute approximate surface area is 125 Å². The van der Waals surface area contributed by atoms with Crippen LogP contribution < -0.4 is 10.5 Å². The van der Waals surface area contributed by atoms with Crippen LogP contribution in [0.2, 0.25) is 0 Å². The molecule has 6 heteroatoms. The van der Waals surface area contributed by atoms with Gasteiger partial charge in [0.2, 0.25) is 0 Å². The van der Waals surface area contributed by atoms with Crippen molar-refractivity contribution >= 4 is 5.69 Å². The minimum Gasteiger partial charge on any atom is -0.497 e. The molecular weight excluding hydrogens is 266 g/mol. The maximum atomic E-state index is 6.08. The highest BCUT2D eigenvalue weighted by Crippen LogP contribution is 2.32. The molecule has 1 heterocycles. The number of hydrogen-bond acceptors (Lipinski definition) is 5. The van der Waals surface area contributed by atoms with Gasteiger partial charge in [-0.15, -0.1) is 5.10 Å². The monoisotopic (exact) mass is 289 g/mol. The second-order valence-electron chi connectivity index (χ2n) is 5.22. The van der Waals surface area contributed by atoms with Gasteiger partial charge < -0.3 is 10.5 Å². The Morgan fingerprint density at radius 2 is 2.00 bits per heavy atom. The summed E-state index contributed by atoms with van der Waals surface area (Å²) < 4.78 is 7.13. The van der Waals surface area contributed by atoms with Gasteiger partial charge in [0.25, 0.3) is 0 Å². The van der Waals surface area contributed by atoms with Crippen molar-refractivity contribution in [2.24, 2.45) is 5.92 Å². The van der Waals surface area contributed by atoms with Gasteiger partial charge in [0.05, 0.1) is 13.2 Å². The van der Waals surface area contributed by atoms with Gasteiger partial charge in [0.1, 0.15) is 5.75 Å². The van der Waals surface area contributed by atoms with Gasteiger partial charge in [-0.05, 0) is 41.5 Å². The summed E-state index contributed by atoms with van der Waals surface area (Å²) in [7, 11) is 1.63. The second kappa shape index (κ2) is 6.56. The molecule has 0 saturated carbocycles. The molecule has 0 saturated heterocycles. The summed E-state index contributed by atoms with van der Waals surface area (Å²) in [6, 6.07) is 5.74. The van der Waals surface area contributed by atoms with E-state index >= 15 is 0 Å². The molecule has 0 aliphatic carbocycles. The van der Waals surface area contributed by atoms with Gasteiger partial charge in [-0.1, -0.05) is 26.7 Å². The van der Waals surface area contributed by atoms with E-state index in [1.807, 2.05) is 22.9 Å². The Balaban J connectivity index is 2.45. The van der Waals surface area contributed by atoms with Crippen molar-refractivity contribution in [3.63, 3.8) is 0 Å². The minimum absolute atomic E-state index is 0.218. The van der Waals surface area contributed by atoms with E-state index in [1.54, 1.807) is 7.11 Å². The molecule has 1 atom stereocenters. The molecule has 2 N–H and O–H groups in total. The van der Waals surface area contributed by atoms with Crippen molar-refractivity contribution in [3.05, 3.63) is 18.2 Å². The number of nitrogens with two attached hydrogens (primary N) is 1. The van der Waals surface area contributed by atoms with Crippen LogP contribution in [0.15, 0.2) is 18.2 Å². The highest BCUT2D eigenvalue weighted by molar-refractivity contribution is 5.73. The number of nitrogens with zero attached hydrogens (tertiary/aromatic N) is 4. The van der Waals surface area contributed by atoms with E-state index in [1.165, 1.54) is 0 Å². The first-order chi connectivity index (χ1) is 10.1. The fourth-order valence-electron chi connectivity index (χ4n) is 2.67. The second-order valence-corrected chi connectivity index (χ2v) is 5.22. The average molecular weight is 289 g/mol. The smallest absolute Gasteiger partial charge is 0.184 e. The van der Waals surface area contributed by atoms with E-state index in [4.69, 9.17) is 10.5 Å². The van der Waals surface area contributed by atoms with Gasteiger partial charge in [0.15, 0.2) is 5.82 Å². The van der Waals surface area contributed by atoms with E-state index in [-0.39, 0.29) is 6.04 Å². The molecule has 0 fully saturated rings. The molecular formula is C15H23N5O. The SMILES string of the molecule is CCC(CC)C(C)n1nnnc1-c1cc(OC)ccc1N. The number of hydrogen-bond donors (Lipinski definition) is 1. The van der Waals surface area contributed by atoms with E-state index < -0.39 is 0 Å². The zero-order valence-electron chi connectivity index (χ0n) is 13.1. The number of rotatable bonds is 6. The van der Waals surface area contributed by atoms with Crippen molar-refractivity contribution in [2.45, 2.75) is 39.7 Å². The normalized spacial score (nSPS) is 12.6. The first kappa shape index (κ1) is 15.3. The molecule has 1 aromatic heterocycles. The number of anilines is 1. The summed E-state index contributed by atoms with van der Waals surface area (Å²) in [5.74, 6) is 1.95. The standard InChI is InChI=1S/C15H23N5O/c1-5-11(6-2)10(3)20-15(17-18-19-20)13-9-12(21-4)7-8-14(13)16/h7-11H,5-6,16H2,1-4H3. The van der Waals surface area contributed by atoms with Crippen LogP contribution >= 0.6 is 0 Å². The van der Waals surface area contributed by atoms with Gasteiger partial charge >= 0.3 is 0 Å². The number of tetrazole rings is 1. The fourth-order valence-corrected chi connectivity index (χ4v) is 2.67. The lowest BCUT2D eigenvalue weighted by Crippen LogP contribution is -2.18. The first-order valence-corrected chi connectivity index (χ1v) is 7.34. The Bertz CT molecular complexity index is 591.